The van der Waals surface area contributed by atoms with Gasteiger partial charge in [0.25, 0.3) is 5.91 Å². The van der Waals surface area contributed by atoms with E-state index in [2.05, 4.69) is 0 Å². The maximum absolute atomic E-state index is 14.4. The van der Waals surface area contributed by atoms with Gasteiger partial charge in [-0.2, -0.15) is 0 Å². The number of rotatable bonds is 3. The van der Waals surface area contributed by atoms with E-state index < -0.39 is 35.9 Å². The first-order valence-electron chi connectivity index (χ1n) is 7.27. The molecule has 0 saturated carbocycles. The number of aliphatic carboxylic acids is 1. The number of aromatic hydroxyl groups is 1. The Morgan fingerprint density at radius 1 is 1.46 bits per heavy atom. The van der Waals surface area contributed by atoms with Gasteiger partial charge in [0.05, 0.1) is 18.0 Å². The smallest absolute Gasteiger partial charge is 0.307 e. The first-order chi connectivity index (χ1) is 11.3. The van der Waals surface area contributed by atoms with Gasteiger partial charge in [0.2, 0.25) is 0 Å². The van der Waals surface area contributed by atoms with E-state index in [-0.39, 0.29) is 34.6 Å². The van der Waals surface area contributed by atoms with Crippen LogP contribution in [-0.2, 0) is 9.59 Å². The topological polar surface area (TPSA) is 94.9 Å². The van der Waals surface area contributed by atoms with Crippen LogP contribution in [0.1, 0.15) is 36.5 Å². The van der Waals surface area contributed by atoms with Crippen LogP contribution in [0.4, 0.5) is 4.39 Å². The van der Waals surface area contributed by atoms with Crippen molar-refractivity contribution in [1.82, 2.24) is 4.90 Å². The number of ketones is 1. The van der Waals surface area contributed by atoms with E-state index in [0.717, 1.165) is 11.3 Å². The summed E-state index contributed by atoms with van der Waals surface area (Å²) >= 11 is 0.992. The summed E-state index contributed by atoms with van der Waals surface area (Å²) in [7, 11) is 0. The number of amides is 1. The van der Waals surface area contributed by atoms with Crippen molar-refractivity contribution >= 4 is 29.0 Å². The van der Waals surface area contributed by atoms with Gasteiger partial charge in [-0.25, -0.2) is 4.39 Å². The molecule has 1 amide bonds. The highest BCUT2D eigenvalue weighted by Gasteiger charge is 2.44. The Bertz CT molecular complexity index is 822. The van der Waals surface area contributed by atoms with E-state index in [4.69, 9.17) is 5.11 Å². The van der Waals surface area contributed by atoms with E-state index in [1.807, 2.05) is 0 Å². The fraction of sp³-hybridized carbons (Fsp3) is 0.312. The minimum absolute atomic E-state index is 0.0129. The number of fused-ring (bicyclic) bond motifs is 1. The molecular weight excluding hydrogens is 337 g/mol. The zero-order valence-corrected chi connectivity index (χ0v) is 13.5. The minimum Gasteiger partial charge on any atom is -0.499 e. The second kappa shape index (κ2) is 5.86. The van der Waals surface area contributed by atoms with Gasteiger partial charge in [0.15, 0.2) is 16.7 Å². The second-order valence-corrected chi connectivity index (χ2v) is 6.58. The Morgan fingerprint density at radius 2 is 2.17 bits per heavy atom. The predicted octanol–water partition coefficient (Wildman–Crippen LogP) is 2.61. The molecule has 0 bridgehead atoms. The minimum atomic E-state index is -1.16. The summed E-state index contributed by atoms with van der Waals surface area (Å²) in [6.07, 6.45) is -0.257. The molecule has 0 saturated heterocycles. The van der Waals surface area contributed by atoms with Crippen molar-refractivity contribution in [3.8, 4) is 5.06 Å². The highest BCUT2D eigenvalue weighted by Crippen LogP contribution is 2.43. The maximum atomic E-state index is 14.4. The lowest BCUT2D eigenvalue weighted by atomic mass is 9.88. The lowest BCUT2D eigenvalue weighted by Crippen LogP contribution is -2.38. The summed E-state index contributed by atoms with van der Waals surface area (Å²) in [5.74, 6) is -3.23. The van der Waals surface area contributed by atoms with Crippen molar-refractivity contribution in [1.29, 1.82) is 0 Å². The molecule has 1 aromatic rings. The fourth-order valence-electron chi connectivity index (χ4n) is 3.23. The Balaban J connectivity index is 2.10. The van der Waals surface area contributed by atoms with E-state index in [1.54, 1.807) is 6.92 Å². The molecule has 1 atom stereocenters. The maximum Gasteiger partial charge on any atom is 0.307 e. The second-order valence-electron chi connectivity index (χ2n) is 5.69. The number of Topliss-reactive ketones (excluding diaryl/α,β-unsaturated/α-hetero) is 1. The van der Waals surface area contributed by atoms with Crippen LogP contribution < -0.4 is 0 Å². The number of allylic oxidation sites excluding steroid dienone is 2. The molecule has 8 heteroatoms. The van der Waals surface area contributed by atoms with Gasteiger partial charge in [-0.3, -0.25) is 14.4 Å². The normalized spacial score (nSPS) is 20.7. The van der Waals surface area contributed by atoms with Gasteiger partial charge < -0.3 is 15.1 Å². The van der Waals surface area contributed by atoms with Gasteiger partial charge in [-0.05, 0) is 18.9 Å². The molecule has 2 aliphatic rings. The number of thiophene rings is 1. The predicted molar refractivity (Wildman–Crippen MR) is 83.3 cm³/mol. The molecule has 24 heavy (non-hydrogen) atoms. The summed E-state index contributed by atoms with van der Waals surface area (Å²) in [5.41, 5.74) is 0.757. The lowest BCUT2D eigenvalue weighted by molar-refractivity contribution is -0.136. The van der Waals surface area contributed by atoms with Crippen LogP contribution in [0.2, 0.25) is 0 Å². The van der Waals surface area contributed by atoms with Gasteiger partial charge in [0.1, 0.15) is 0 Å². The average Bonchev–Trinajstić information content (AvgIpc) is 3.05. The summed E-state index contributed by atoms with van der Waals surface area (Å²) in [6.45, 7) is 1.55. The number of carboxylic acids is 1. The molecule has 2 N–H and O–H groups in total. The lowest BCUT2D eigenvalue weighted by Gasteiger charge is -2.29. The Hall–Kier alpha value is -2.48. The van der Waals surface area contributed by atoms with Crippen LogP contribution in [0.25, 0.3) is 0 Å². The van der Waals surface area contributed by atoms with Crippen molar-refractivity contribution in [3.63, 3.8) is 0 Å². The molecule has 1 unspecified atom stereocenters. The summed E-state index contributed by atoms with van der Waals surface area (Å²) in [4.78, 5) is 36.9. The third kappa shape index (κ3) is 2.52. The third-order valence-corrected chi connectivity index (χ3v) is 5.00. The average molecular weight is 351 g/mol. The van der Waals surface area contributed by atoms with Crippen molar-refractivity contribution < 1.29 is 29.0 Å². The summed E-state index contributed by atoms with van der Waals surface area (Å²) in [5, 5.41) is 20.0. The molecule has 0 radical (unpaired) electrons. The van der Waals surface area contributed by atoms with Crippen LogP contribution in [0, 0.1) is 0 Å². The SMILES string of the molecule is CC1=C(CC(=O)O)C2=C(F)C(=O)CCC2N1C(=O)c1csc(O)c1. The Morgan fingerprint density at radius 3 is 2.75 bits per heavy atom. The fourth-order valence-corrected chi connectivity index (χ4v) is 3.84. The van der Waals surface area contributed by atoms with Crippen molar-refractivity contribution in [2.75, 3.05) is 0 Å². The molecule has 0 spiro atoms. The number of halogens is 1. The van der Waals surface area contributed by atoms with Gasteiger partial charge in [0, 0.05) is 29.1 Å². The summed E-state index contributed by atoms with van der Waals surface area (Å²) in [6, 6.07) is 0.620. The Labute approximate surface area is 140 Å². The number of carbonyl (C=O) groups is 3. The monoisotopic (exact) mass is 351 g/mol. The van der Waals surface area contributed by atoms with Crippen LogP contribution in [-0.4, -0.2) is 38.8 Å². The van der Waals surface area contributed by atoms with Crippen LogP contribution in [0.5, 0.6) is 5.06 Å². The van der Waals surface area contributed by atoms with Crippen LogP contribution in [0.3, 0.4) is 0 Å². The van der Waals surface area contributed by atoms with Crippen LogP contribution >= 0.6 is 11.3 Å². The Kier molecular flexibility index (Phi) is 4.00. The van der Waals surface area contributed by atoms with Crippen molar-refractivity contribution in [2.45, 2.75) is 32.2 Å². The first kappa shape index (κ1) is 16.4. The van der Waals surface area contributed by atoms with E-state index >= 15 is 0 Å². The zero-order valence-electron chi connectivity index (χ0n) is 12.7. The zero-order chi connectivity index (χ0) is 17.6. The molecule has 6 nitrogen and oxygen atoms in total. The first-order valence-corrected chi connectivity index (χ1v) is 8.15. The molecule has 0 aromatic carbocycles. The molecule has 126 valence electrons. The third-order valence-electron chi connectivity index (χ3n) is 4.27. The van der Waals surface area contributed by atoms with E-state index in [9.17, 15) is 23.9 Å². The molecular formula is C16H14FNO5S. The standard InChI is InChI=1S/C16H14FNO5S/c1-7-9(5-12(20)21)14-10(2-3-11(19)15(14)17)18(7)16(23)8-4-13(22)24-6-8/h4,6,10,22H,2-3,5H2,1H3,(H,20,21). The van der Waals surface area contributed by atoms with E-state index in [1.165, 1.54) is 16.3 Å². The number of carbonyl (C=O) groups excluding carboxylic acids is 2. The molecule has 2 heterocycles. The number of hydrogen-bond acceptors (Lipinski definition) is 5. The van der Waals surface area contributed by atoms with Crippen LogP contribution in [0.15, 0.2) is 34.1 Å². The van der Waals surface area contributed by atoms with Gasteiger partial charge >= 0.3 is 5.97 Å². The molecule has 0 fully saturated rings. The molecule has 1 aliphatic heterocycles. The largest absolute Gasteiger partial charge is 0.499 e. The van der Waals surface area contributed by atoms with E-state index in [0.29, 0.717) is 5.70 Å². The highest BCUT2D eigenvalue weighted by atomic mass is 32.1. The number of carboxylic acid groups (broad SMARTS) is 1. The van der Waals surface area contributed by atoms with Gasteiger partial charge in [-0.1, -0.05) is 0 Å². The van der Waals surface area contributed by atoms with Gasteiger partial charge in [-0.15, -0.1) is 11.3 Å². The van der Waals surface area contributed by atoms with Crippen molar-refractivity contribution in [3.05, 3.63) is 39.7 Å². The highest BCUT2D eigenvalue weighted by molar-refractivity contribution is 7.12. The molecule has 1 aliphatic carbocycles. The quantitative estimate of drug-likeness (QED) is 0.873. The summed E-state index contributed by atoms with van der Waals surface area (Å²) < 4.78 is 14.4. The van der Waals surface area contributed by atoms with Crippen molar-refractivity contribution in [2.24, 2.45) is 0 Å². The number of nitrogens with zero attached hydrogens (tertiary/aromatic N) is 1. The number of hydrogen-bond donors (Lipinski definition) is 2. The molecule has 3 rings (SSSR count). The molecule has 1 aromatic heterocycles.